The molecule has 0 radical (unpaired) electrons. The van der Waals surface area contributed by atoms with Crippen molar-refractivity contribution in [3.05, 3.63) is 80.5 Å². The Hall–Kier alpha value is -2.25. The SMILES string of the molecule is O=Cc1ccc(C(=O)Nc2ccc(I3CC3)c(-c3ccccn3)c2)c(Cl)c1. The molecule has 27 heavy (non-hydrogen) atoms. The van der Waals surface area contributed by atoms with Crippen molar-refractivity contribution in [1.29, 1.82) is 0 Å². The molecule has 0 saturated carbocycles. The van der Waals surface area contributed by atoms with Crippen LogP contribution in [-0.4, -0.2) is 26.0 Å². The Labute approximate surface area is 169 Å². The van der Waals surface area contributed by atoms with Gasteiger partial charge in [0.25, 0.3) is 0 Å². The number of hydrogen-bond acceptors (Lipinski definition) is 3. The van der Waals surface area contributed by atoms with E-state index in [1.807, 2.05) is 30.3 Å². The second kappa shape index (κ2) is 7.78. The molecule has 1 N–H and O–H groups in total. The van der Waals surface area contributed by atoms with E-state index in [1.165, 1.54) is 18.5 Å². The minimum absolute atomic E-state index is 0.255. The molecule has 4 nitrogen and oxygen atoms in total. The first kappa shape index (κ1) is 18.1. The Morgan fingerprint density at radius 3 is 2.63 bits per heavy atom. The maximum absolute atomic E-state index is 12.6. The molecule has 3 aromatic rings. The summed E-state index contributed by atoms with van der Waals surface area (Å²) in [5, 5.41) is 3.17. The topological polar surface area (TPSA) is 59.1 Å². The maximum atomic E-state index is 12.6. The van der Waals surface area contributed by atoms with E-state index in [9.17, 15) is 9.59 Å². The van der Waals surface area contributed by atoms with E-state index in [0.29, 0.717) is 23.1 Å². The van der Waals surface area contributed by atoms with Crippen LogP contribution in [0.3, 0.4) is 0 Å². The molecule has 0 atom stereocenters. The molecule has 0 spiro atoms. The van der Waals surface area contributed by atoms with Crippen molar-refractivity contribution in [2.45, 2.75) is 0 Å². The first-order valence-corrected chi connectivity index (χ1v) is 12.9. The second-order valence-electron chi connectivity index (χ2n) is 6.06. The standard InChI is InChI=1S/C21H16ClIN2O2/c22-18-11-14(13-26)4-6-16(18)21(27)25-15-5-7-19(23-8-9-23)17(12-15)20-3-1-2-10-24-20/h1-7,10-13H,8-9H2,(H,25,27). The zero-order valence-electron chi connectivity index (χ0n) is 14.3. The molecule has 0 aliphatic carbocycles. The Kier molecular flexibility index (Phi) is 5.22. The van der Waals surface area contributed by atoms with Gasteiger partial charge in [0, 0.05) is 0 Å². The van der Waals surface area contributed by atoms with Crippen molar-refractivity contribution < 1.29 is 9.59 Å². The molecule has 1 aliphatic heterocycles. The van der Waals surface area contributed by atoms with Crippen molar-refractivity contribution in [2.24, 2.45) is 0 Å². The van der Waals surface area contributed by atoms with E-state index in [4.69, 9.17) is 11.6 Å². The minimum atomic E-state index is -1.01. The van der Waals surface area contributed by atoms with Gasteiger partial charge in [0.2, 0.25) is 0 Å². The molecular weight excluding hydrogens is 475 g/mol. The van der Waals surface area contributed by atoms with Crippen molar-refractivity contribution in [3.8, 4) is 11.3 Å². The summed E-state index contributed by atoms with van der Waals surface area (Å²) in [6, 6.07) is 16.6. The first-order valence-electron chi connectivity index (χ1n) is 8.39. The number of nitrogens with zero attached hydrogens (tertiary/aromatic N) is 1. The van der Waals surface area contributed by atoms with Crippen LogP contribution in [0.2, 0.25) is 5.02 Å². The van der Waals surface area contributed by atoms with Crippen molar-refractivity contribution in [1.82, 2.24) is 4.98 Å². The number of amides is 1. The number of anilines is 1. The van der Waals surface area contributed by atoms with Crippen molar-refractivity contribution >= 4 is 49.3 Å². The van der Waals surface area contributed by atoms with Crippen molar-refractivity contribution in [2.75, 3.05) is 14.2 Å². The molecule has 0 unspecified atom stereocenters. The van der Waals surface area contributed by atoms with E-state index in [0.717, 1.165) is 11.3 Å². The number of aldehydes is 1. The summed E-state index contributed by atoms with van der Waals surface area (Å²) >= 11 is 5.14. The molecule has 0 bridgehead atoms. The molecular formula is C21H16ClIN2O2. The molecule has 1 aromatic heterocycles. The molecule has 1 saturated heterocycles. The van der Waals surface area contributed by atoms with Crippen LogP contribution in [0.1, 0.15) is 20.7 Å². The van der Waals surface area contributed by atoms with Gasteiger partial charge in [0.15, 0.2) is 0 Å². The van der Waals surface area contributed by atoms with Gasteiger partial charge in [0.05, 0.1) is 0 Å². The summed E-state index contributed by atoms with van der Waals surface area (Å²) in [6.07, 6.45) is 2.49. The Morgan fingerprint density at radius 1 is 1.11 bits per heavy atom. The zero-order valence-corrected chi connectivity index (χ0v) is 17.2. The van der Waals surface area contributed by atoms with Crippen LogP contribution in [0.25, 0.3) is 11.3 Å². The molecule has 1 amide bonds. The Balaban J connectivity index is 1.64. The summed E-state index contributed by atoms with van der Waals surface area (Å²) in [6.45, 7) is 0. The van der Waals surface area contributed by atoms with Gasteiger partial charge in [-0.15, -0.1) is 0 Å². The fraction of sp³-hybridized carbons (Fsp3) is 0.0952. The third-order valence-corrected chi connectivity index (χ3v) is 9.26. The second-order valence-corrected chi connectivity index (χ2v) is 12.4. The van der Waals surface area contributed by atoms with Crippen LogP contribution in [0.5, 0.6) is 0 Å². The predicted octanol–water partition coefficient (Wildman–Crippen LogP) is 5.16. The molecule has 1 fully saturated rings. The third-order valence-electron chi connectivity index (χ3n) is 4.20. The predicted molar refractivity (Wildman–Crippen MR) is 117 cm³/mol. The first-order chi connectivity index (χ1) is 13.2. The van der Waals surface area contributed by atoms with Gasteiger partial charge in [-0.2, -0.15) is 0 Å². The van der Waals surface area contributed by atoms with E-state index in [2.05, 4.69) is 16.4 Å². The number of aromatic nitrogens is 1. The number of nitrogens with one attached hydrogen (secondary N) is 1. The summed E-state index contributed by atoms with van der Waals surface area (Å²) in [4.78, 5) is 27.9. The van der Waals surface area contributed by atoms with Crippen molar-refractivity contribution in [3.63, 3.8) is 0 Å². The molecule has 1 aliphatic rings. The number of hydrogen-bond donors (Lipinski definition) is 1. The van der Waals surface area contributed by atoms with Gasteiger partial charge in [-0.1, -0.05) is 0 Å². The normalized spacial score (nSPS) is 13.9. The Bertz CT molecular complexity index is 1020. The number of carbonyl (C=O) groups excluding carboxylic acids is 2. The fourth-order valence-corrected chi connectivity index (χ4v) is 7.73. The van der Waals surface area contributed by atoms with Crippen LogP contribution in [0, 0.1) is 3.57 Å². The van der Waals surface area contributed by atoms with Gasteiger partial charge >= 0.3 is 170 Å². The van der Waals surface area contributed by atoms with Gasteiger partial charge < -0.3 is 0 Å². The quantitative estimate of drug-likeness (QED) is 0.305. The molecule has 136 valence electrons. The number of rotatable bonds is 5. The van der Waals surface area contributed by atoms with Crippen LogP contribution >= 0.6 is 31.4 Å². The average Bonchev–Trinajstić information content (AvgIpc) is 3.53. The number of benzene rings is 2. The van der Waals surface area contributed by atoms with E-state index >= 15 is 0 Å². The summed E-state index contributed by atoms with van der Waals surface area (Å²) < 4.78 is 4.10. The molecule has 6 heteroatoms. The third kappa shape index (κ3) is 4.04. The number of alkyl halides is 2. The van der Waals surface area contributed by atoms with Gasteiger partial charge in [-0.05, 0) is 0 Å². The number of halogens is 2. The van der Waals surface area contributed by atoms with Crippen LogP contribution in [0.15, 0.2) is 60.8 Å². The van der Waals surface area contributed by atoms with E-state index < -0.39 is 19.8 Å². The number of carbonyl (C=O) groups is 2. The van der Waals surface area contributed by atoms with Gasteiger partial charge in [-0.3, -0.25) is 0 Å². The average molecular weight is 491 g/mol. The van der Waals surface area contributed by atoms with Crippen LogP contribution < -0.4 is 5.32 Å². The molecule has 2 heterocycles. The van der Waals surface area contributed by atoms with E-state index in [-0.39, 0.29) is 10.9 Å². The van der Waals surface area contributed by atoms with E-state index in [1.54, 1.807) is 18.3 Å². The molecule has 4 rings (SSSR count). The van der Waals surface area contributed by atoms with Gasteiger partial charge in [0.1, 0.15) is 0 Å². The van der Waals surface area contributed by atoms with Gasteiger partial charge in [-0.25, -0.2) is 0 Å². The zero-order chi connectivity index (χ0) is 18.8. The fourth-order valence-electron chi connectivity index (χ4n) is 2.78. The number of pyridine rings is 1. The summed E-state index contributed by atoms with van der Waals surface area (Å²) in [5.74, 6) is -0.303. The monoisotopic (exact) mass is 490 g/mol. The van der Waals surface area contributed by atoms with Crippen LogP contribution in [-0.2, 0) is 0 Å². The molecule has 2 aromatic carbocycles. The summed E-state index contributed by atoms with van der Waals surface area (Å²) in [5.41, 5.74) is 3.52. The Morgan fingerprint density at radius 2 is 1.96 bits per heavy atom. The summed E-state index contributed by atoms with van der Waals surface area (Å²) in [7, 11) is 0. The van der Waals surface area contributed by atoms with Crippen LogP contribution in [0.4, 0.5) is 5.69 Å².